The number of primary amides is 1. The molecular formula is C27H38N2O4. The van der Waals surface area contributed by atoms with Crippen LogP contribution in [0.25, 0.3) is 0 Å². The lowest BCUT2D eigenvalue weighted by molar-refractivity contribution is -0.263. The number of benzene rings is 2. The Balaban J connectivity index is 2.39. The number of likely N-dealkylation sites (N-methyl/N-ethyl adjacent to an activating group) is 1. The Bertz CT molecular complexity index is 1010. The molecule has 2 aromatic carbocycles. The van der Waals surface area contributed by atoms with Gasteiger partial charge in [-0.15, -0.1) is 0 Å². The van der Waals surface area contributed by atoms with E-state index in [1.165, 1.54) is 0 Å². The third-order valence-corrected chi connectivity index (χ3v) is 6.60. The van der Waals surface area contributed by atoms with Crippen LogP contribution in [0.15, 0.2) is 42.5 Å². The second kappa shape index (κ2) is 8.65. The summed E-state index contributed by atoms with van der Waals surface area (Å²) in [6, 6.07) is 14.0. The molecule has 180 valence electrons. The number of hydrogen-bond donors (Lipinski definition) is 3. The Hall–Kier alpha value is -2.57. The lowest BCUT2D eigenvalue weighted by Gasteiger charge is -2.58. The van der Waals surface area contributed by atoms with E-state index in [1.54, 1.807) is 13.8 Å². The number of fused-ring (bicyclic) bond motifs is 1. The summed E-state index contributed by atoms with van der Waals surface area (Å²) >= 11 is 0. The van der Waals surface area contributed by atoms with E-state index >= 15 is 0 Å². The minimum absolute atomic E-state index is 0.312. The van der Waals surface area contributed by atoms with Gasteiger partial charge >= 0.3 is 6.09 Å². The highest BCUT2D eigenvalue weighted by atomic mass is 16.6. The van der Waals surface area contributed by atoms with Crippen molar-refractivity contribution in [2.45, 2.75) is 83.6 Å². The predicted molar refractivity (Wildman–Crippen MR) is 130 cm³/mol. The Kier molecular flexibility index (Phi) is 6.57. The maximum atomic E-state index is 12.4. The van der Waals surface area contributed by atoms with Crippen molar-refractivity contribution in [3.63, 3.8) is 0 Å². The van der Waals surface area contributed by atoms with Crippen LogP contribution in [0.3, 0.4) is 0 Å². The zero-order valence-corrected chi connectivity index (χ0v) is 20.9. The van der Waals surface area contributed by atoms with Gasteiger partial charge in [-0.1, -0.05) is 64.1 Å². The fraction of sp³-hybridized carbons (Fsp3) is 0.519. The predicted octanol–water partition coefficient (Wildman–Crippen LogP) is 4.69. The van der Waals surface area contributed by atoms with Gasteiger partial charge in [0.2, 0.25) is 5.72 Å². The molecule has 0 aromatic heterocycles. The lowest BCUT2D eigenvalue weighted by Crippen LogP contribution is -2.76. The monoisotopic (exact) mass is 454 g/mol. The van der Waals surface area contributed by atoms with Crippen LogP contribution in [-0.2, 0) is 22.2 Å². The standard InChI is InChI=1S/C27H38N2O4/c1-8-29-27(31)25(6,7)32-21-17-18(2)16-20(24(3,4)5)22(21)26(27,33-23(28)30)15-14-19-12-10-9-11-13-19/h9-13,16-17,29,31H,8,14-15H2,1-7H3,(H2,28,30)/t26-,27+/m0/s1. The van der Waals surface area contributed by atoms with E-state index in [1.807, 2.05) is 50.2 Å². The molecule has 3 rings (SSSR count). The molecule has 0 saturated heterocycles. The zero-order chi connectivity index (χ0) is 24.7. The van der Waals surface area contributed by atoms with Crippen molar-refractivity contribution in [2.75, 3.05) is 6.54 Å². The number of aryl methyl sites for hydroxylation is 2. The van der Waals surface area contributed by atoms with Crippen molar-refractivity contribution in [2.24, 2.45) is 5.73 Å². The van der Waals surface area contributed by atoms with E-state index in [2.05, 4.69) is 32.2 Å². The summed E-state index contributed by atoms with van der Waals surface area (Å²) in [5, 5.41) is 15.6. The van der Waals surface area contributed by atoms with E-state index in [9.17, 15) is 9.90 Å². The van der Waals surface area contributed by atoms with Crippen molar-refractivity contribution in [3.8, 4) is 5.75 Å². The number of aliphatic hydroxyl groups is 1. The van der Waals surface area contributed by atoms with E-state index in [0.717, 1.165) is 16.7 Å². The molecule has 0 saturated carbocycles. The van der Waals surface area contributed by atoms with Gasteiger partial charge in [0, 0.05) is 12.0 Å². The molecule has 2 aromatic rings. The van der Waals surface area contributed by atoms with Crippen molar-refractivity contribution in [1.29, 1.82) is 0 Å². The third-order valence-electron chi connectivity index (χ3n) is 6.60. The highest BCUT2D eigenvalue weighted by Gasteiger charge is 2.68. The van der Waals surface area contributed by atoms with Crippen LogP contribution in [0.4, 0.5) is 4.79 Å². The summed E-state index contributed by atoms with van der Waals surface area (Å²) < 4.78 is 12.5. The molecule has 6 heteroatoms. The van der Waals surface area contributed by atoms with Crippen molar-refractivity contribution in [3.05, 3.63) is 64.7 Å². The first kappa shape index (κ1) is 25.1. The molecule has 0 spiro atoms. The van der Waals surface area contributed by atoms with E-state index in [0.29, 0.717) is 30.7 Å². The van der Waals surface area contributed by atoms with Crippen molar-refractivity contribution < 1.29 is 19.4 Å². The molecule has 0 unspecified atom stereocenters. The Labute approximate surface area is 197 Å². The summed E-state index contributed by atoms with van der Waals surface area (Å²) in [6.45, 7) is 14.2. The number of carbonyl (C=O) groups is 1. The normalized spacial score (nSPS) is 24.0. The average Bonchev–Trinajstić information content (AvgIpc) is 2.69. The minimum Gasteiger partial charge on any atom is -0.483 e. The number of rotatable bonds is 6. The molecule has 33 heavy (non-hydrogen) atoms. The van der Waals surface area contributed by atoms with E-state index in [-0.39, 0.29) is 5.41 Å². The lowest BCUT2D eigenvalue weighted by atomic mass is 9.65. The molecule has 4 N–H and O–H groups in total. The molecule has 1 heterocycles. The summed E-state index contributed by atoms with van der Waals surface area (Å²) in [6.07, 6.45) is -0.0621. The van der Waals surface area contributed by atoms with Crippen LogP contribution in [0.5, 0.6) is 5.75 Å². The van der Waals surface area contributed by atoms with Crippen LogP contribution < -0.4 is 15.8 Å². The van der Waals surface area contributed by atoms with Gasteiger partial charge in [0.05, 0.1) is 0 Å². The summed E-state index contributed by atoms with van der Waals surface area (Å²) in [7, 11) is 0. The summed E-state index contributed by atoms with van der Waals surface area (Å²) in [4.78, 5) is 12.4. The Morgan fingerprint density at radius 1 is 1.18 bits per heavy atom. The molecule has 1 amide bonds. The van der Waals surface area contributed by atoms with Crippen molar-refractivity contribution >= 4 is 6.09 Å². The van der Waals surface area contributed by atoms with Gasteiger partial charge in [-0.05, 0) is 61.9 Å². The van der Waals surface area contributed by atoms with Crippen LogP contribution in [0, 0.1) is 6.92 Å². The fourth-order valence-electron chi connectivity index (χ4n) is 5.09. The SMILES string of the molecule is CCN[C@@]1(O)C(C)(C)Oc2cc(C)cc(C(C)(C)C)c2[C@]1(CCc1ccccc1)OC(N)=O. The minimum atomic E-state index is -1.75. The number of ether oxygens (including phenoxy) is 2. The highest BCUT2D eigenvalue weighted by molar-refractivity contribution is 5.67. The summed E-state index contributed by atoms with van der Waals surface area (Å²) in [5.74, 6) is 0.599. The summed E-state index contributed by atoms with van der Waals surface area (Å²) in [5.41, 5.74) is 4.71. The maximum Gasteiger partial charge on any atom is 0.405 e. The number of amides is 1. The third kappa shape index (κ3) is 4.34. The maximum absolute atomic E-state index is 12.4. The topological polar surface area (TPSA) is 93.8 Å². The van der Waals surface area contributed by atoms with Gasteiger partial charge in [0.1, 0.15) is 11.4 Å². The number of nitrogens with two attached hydrogens (primary N) is 1. The zero-order valence-electron chi connectivity index (χ0n) is 20.9. The van der Waals surface area contributed by atoms with Gasteiger partial charge < -0.3 is 20.3 Å². The van der Waals surface area contributed by atoms with E-state index in [4.69, 9.17) is 15.2 Å². The smallest absolute Gasteiger partial charge is 0.405 e. The molecule has 0 fully saturated rings. The first-order chi connectivity index (χ1) is 15.3. The molecule has 1 aliphatic rings. The molecule has 6 nitrogen and oxygen atoms in total. The van der Waals surface area contributed by atoms with Gasteiger partial charge in [-0.2, -0.15) is 0 Å². The Morgan fingerprint density at radius 3 is 2.36 bits per heavy atom. The van der Waals surface area contributed by atoms with Gasteiger partial charge in [0.15, 0.2) is 5.60 Å². The van der Waals surface area contributed by atoms with Gasteiger partial charge in [0.25, 0.3) is 0 Å². The van der Waals surface area contributed by atoms with Crippen molar-refractivity contribution in [1.82, 2.24) is 5.32 Å². The molecule has 2 atom stereocenters. The first-order valence-electron chi connectivity index (χ1n) is 11.6. The second-order valence-corrected chi connectivity index (χ2v) is 10.5. The van der Waals surface area contributed by atoms with Crippen LogP contribution in [0.2, 0.25) is 0 Å². The van der Waals surface area contributed by atoms with Crippen LogP contribution in [0.1, 0.15) is 70.2 Å². The second-order valence-electron chi connectivity index (χ2n) is 10.5. The molecule has 0 bridgehead atoms. The molecule has 1 aliphatic heterocycles. The molecule has 0 radical (unpaired) electrons. The van der Waals surface area contributed by atoms with E-state index < -0.39 is 23.0 Å². The van der Waals surface area contributed by atoms with Gasteiger partial charge in [-0.25, -0.2) is 4.79 Å². The van der Waals surface area contributed by atoms with Crippen LogP contribution in [-0.4, -0.2) is 29.1 Å². The van der Waals surface area contributed by atoms with Crippen LogP contribution >= 0.6 is 0 Å². The molecular weight excluding hydrogens is 416 g/mol. The number of nitrogens with one attached hydrogen (secondary N) is 1. The first-order valence-corrected chi connectivity index (χ1v) is 11.6. The number of carbonyl (C=O) groups excluding carboxylic acids is 1. The van der Waals surface area contributed by atoms with Gasteiger partial charge in [-0.3, -0.25) is 5.32 Å². The Morgan fingerprint density at radius 2 is 1.82 bits per heavy atom. The fourth-order valence-corrected chi connectivity index (χ4v) is 5.09. The highest BCUT2D eigenvalue weighted by Crippen LogP contribution is 2.56. The average molecular weight is 455 g/mol. The molecule has 0 aliphatic carbocycles. The number of hydrogen-bond acceptors (Lipinski definition) is 5. The quantitative estimate of drug-likeness (QED) is 0.551. The largest absolute Gasteiger partial charge is 0.483 e.